The van der Waals surface area contributed by atoms with Crippen molar-refractivity contribution in [3.63, 3.8) is 0 Å². The van der Waals surface area contributed by atoms with E-state index in [1.54, 1.807) is 23.9 Å². The molecule has 4 N–H and O–H groups in total. The molecule has 1 aromatic carbocycles. The molecule has 0 radical (unpaired) electrons. The Morgan fingerprint density at radius 1 is 1.17 bits per heavy atom. The van der Waals surface area contributed by atoms with Gasteiger partial charge in [0.1, 0.15) is 17.0 Å². The van der Waals surface area contributed by atoms with Crippen LogP contribution in [0.1, 0.15) is 30.9 Å². The molecule has 0 unspecified atom stereocenters. The molecule has 10 nitrogen and oxygen atoms in total. The molecule has 0 bridgehead atoms. The van der Waals surface area contributed by atoms with E-state index in [1.807, 2.05) is 13.0 Å². The number of rotatable bonds is 10. The number of nitrogen functional groups attached to an aromatic ring is 1. The average Bonchev–Trinajstić information content (AvgIpc) is 2.87. The monoisotopic (exact) mass is 495 g/mol. The lowest BCUT2D eigenvalue weighted by molar-refractivity contribution is 0.148. The number of anilines is 2. The van der Waals surface area contributed by atoms with E-state index >= 15 is 0 Å². The van der Waals surface area contributed by atoms with E-state index in [-0.39, 0.29) is 24.2 Å². The number of nitrogens with zero attached hydrogens (tertiary/aromatic N) is 5. The first kappa shape index (κ1) is 25.9. The van der Waals surface area contributed by atoms with Gasteiger partial charge in [0, 0.05) is 44.5 Å². The molecule has 1 atom stereocenters. The zero-order valence-electron chi connectivity index (χ0n) is 21.4. The third-order valence-corrected chi connectivity index (χ3v) is 6.73. The molecule has 1 saturated heterocycles. The number of aromatic nitrogens is 3. The quantitative estimate of drug-likeness (QED) is 0.386. The summed E-state index contributed by atoms with van der Waals surface area (Å²) in [6.07, 6.45) is 3.33. The molecular formula is C26H37N7O3. The van der Waals surface area contributed by atoms with E-state index in [2.05, 4.69) is 44.3 Å². The van der Waals surface area contributed by atoms with Crippen molar-refractivity contribution in [2.24, 2.45) is 0 Å². The Morgan fingerprint density at radius 3 is 2.64 bits per heavy atom. The van der Waals surface area contributed by atoms with Gasteiger partial charge in [-0.2, -0.15) is 4.98 Å². The molecule has 3 heterocycles. The second-order valence-electron chi connectivity index (χ2n) is 9.48. The SMILES string of the molecule is CCC[C@H](CO)Nc1nc(N)nc2ccn(Cc3ccc(CN4CCN(C)CC4)cc3OC)c(=O)c12. The Labute approximate surface area is 211 Å². The summed E-state index contributed by atoms with van der Waals surface area (Å²) in [6.45, 7) is 7.42. The number of aliphatic hydroxyl groups is 1. The number of likely N-dealkylation sites (N-methyl/N-ethyl adjacent to an activating group) is 1. The van der Waals surface area contributed by atoms with Crippen molar-refractivity contribution in [2.75, 3.05) is 58.0 Å². The van der Waals surface area contributed by atoms with Crippen LogP contribution in [0.25, 0.3) is 10.9 Å². The maximum atomic E-state index is 13.5. The molecule has 194 valence electrons. The first-order chi connectivity index (χ1) is 17.4. The van der Waals surface area contributed by atoms with Crippen LogP contribution < -0.4 is 21.3 Å². The van der Waals surface area contributed by atoms with Crippen LogP contribution in [0.15, 0.2) is 35.3 Å². The Morgan fingerprint density at radius 2 is 1.94 bits per heavy atom. The molecule has 4 rings (SSSR count). The van der Waals surface area contributed by atoms with Gasteiger partial charge >= 0.3 is 0 Å². The predicted octanol–water partition coefficient (Wildman–Crippen LogP) is 1.75. The summed E-state index contributed by atoms with van der Waals surface area (Å²) in [4.78, 5) is 26.9. The van der Waals surface area contributed by atoms with Gasteiger partial charge in [-0.05, 0) is 31.2 Å². The fourth-order valence-electron chi connectivity index (χ4n) is 4.64. The number of hydrogen-bond acceptors (Lipinski definition) is 9. The number of hydrogen-bond donors (Lipinski definition) is 3. The third-order valence-electron chi connectivity index (χ3n) is 6.73. The Kier molecular flexibility index (Phi) is 8.40. The summed E-state index contributed by atoms with van der Waals surface area (Å²) in [7, 11) is 3.81. The van der Waals surface area contributed by atoms with Crippen LogP contribution in [-0.4, -0.2) is 82.4 Å². The fraction of sp³-hybridized carbons (Fsp3) is 0.500. The molecule has 0 saturated carbocycles. The number of benzene rings is 1. The summed E-state index contributed by atoms with van der Waals surface area (Å²) in [6, 6.07) is 7.74. The van der Waals surface area contributed by atoms with Crippen molar-refractivity contribution < 1.29 is 9.84 Å². The molecule has 0 aliphatic carbocycles. The number of aliphatic hydroxyl groups excluding tert-OH is 1. The van der Waals surface area contributed by atoms with Gasteiger partial charge in [-0.3, -0.25) is 9.69 Å². The lowest BCUT2D eigenvalue weighted by Crippen LogP contribution is -2.43. The van der Waals surface area contributed by atoms with Crippen LogP contribution in [0, 0.1) is 0 Å². The molecular weight excluding hydrogens is 458 g/mol. The summed E-state index contributed by atoms with van der Waals surface area (Å²) >= 11 is 0. The average molecular weight is 496 g/mol. The molecule has 10 heteroatoms. The number of fused-ring (bicyclic) bond motifs is 1. The van der Waals surface area contributed by atoms with Crippen LogP contribution in [0.4, 0.5) is 11.8 Å². The van der Waals surface area contributed by atoms with Crippen molar-refractivity contribution in [2.45, 2.75) is 38.9 Å². The van der Waals surface area contributed by atoms with Gasteiger partial charge in [-0.25, -0.2) is 4.98 Å². The first-order valence-electron chi connectivity index (χ1n) is 12.5. The zero-order chi connectivity index (χ0) is 25.7. The first-order valence-corrected chi connectivity index (χ1v) is 12.5. The van der Waals surface area contributed by atoms with Gasteiger partial charge in [0.05, 0.1) is 31.8 Å². The van der Waals surface area contributed by atoms with E-state index in [9.17, 15) is 9.90 Å². The maximum absolute atomic E-state index is 13.5. The van der Waals surface area contributed by atoms with Crippen LogP contribution in [0.3, 0.4) is 0 Å². The standard InChI is InChI=1S/C26H37N7O3/c1-4-5-20(17-34)28-24-23-21(29-26(27)30-24)8-9-33(25(23)35)16-19-7-6-18(14-22(19)36-3)15-32-12-10-31(2)11-13-32/h6-9,14,20,34H,4-5,10-13,15-17H2,1-3H3,(H3,27,28,29,30)/t20-/m1/s1. The molecule has 1 aliphatic heterocycles. The van der Waals surface area contributed by atoms with E-state index < -0.39 is 0 Å². The highest BCUT2D eigenvalue weighted by Crippen LogP contribution is 2.24. The Balaban J connectivity index is 1.61. The van der Waals surface area contributed by atoms with Crippen LogP contribution in [0.2, 0.25) is 0 Å². The molecule has 1 aliphatic rings. The lowest BCUT2D eigenvalue weighted by atomic mass is 10.1. The number of nitrogens with one attached hydrogen (secondary N) is 1. The highest BCUT2D eigenvalue weighted by molar-refractivity contribution is 5.89. The molecule has 0 amide bonds. The van der Waals surface area contributed by atoms with Gasteiger partial charge in [0.15, 0.2) is 0 Å². The number of nitrogens with two attached hydrogens (primary N) is 1. The minimum atomic E-state index is -0.230. The minimum Gasteiger partial charge on any atom is -0.496 e. The summed E-state index contributed by atoms with van der Waals surface area (Å²) < 4.78 is 7.33. The zero-order valence-corrected chi connectivity index (χ0v) is 21.4. The van der Waals surface area contributed by atoms with Crippen molar-refractivity contribution in [3.8, 4) is 5.75 Å². The Hall–Kier alpha value is -3.21. The van der Waals surface area contributed by atoms with E-state index in [4.69, 9.17) is 10.5 Å². The van der Waals surface area contributed by atoms with Crippen molar-refractivity contribution in [1.29, 1.82) is 0 Å². The second-order valence-corrected chi connectivity index (χ2v) is 9.48. The highest BCUT2D eigenvalue weighted by atomic mass is 16.5. The van der Waals surface area contributed by atoms with Gasteiger partial charge in [0.25, 0.3) is 5.56 Å². The van der Waals surface area contributed by atoms with Crippen molar-refractivity contribution in [1.82, 2.24) is 24.3 Å². The molecule has 36 heavy (non-hydrogen) atoms. The van der Waals surface area contributed by atoms with Gasteiger partial charge in [0.2, 0.25) is 5.95 Å². The summed E-state index contributed by atoms with van der Waals surface area (Å²) in [5.41, 5.74) is 8.23. The number of ether oxygens (including phenoxy) is 1. The lowest BCUT2D eigenvalue weighted by Gasteiger charge is -2.32. The van der Waals surface area contributed by atoms with Gasteiger partial charge in [-0.1, -0.05) is 25.5 Å². The number of methoxy groups -OCH3 is 1. The fourth-order valence-corrected chi connectivity index (χ4v) is 4.64. The third kappa shape index (κ3) is 5.95. The topological polar surface area (TPSA) is 122 Å². The smallest absolute Gasteiger partial charge is 0.264 e. The molecule has 3 aromatic rings. The van der Waals surface area contributed by atoms with Crippen LogP contribution >= 0.6 is 0 Å². The van der Waals surface area contributed by atoms with Gasteiger partial charge < -0.3 is 30.4 Å². The van der Waals surface area contributed by atoms with E-state index in [1.165, 1.54) is 5.56 Å². The van der Waals surface area contributed by atoms with E-state index in [0.717, 1.165) is 56.9 Å². The largest absolute Gasteiger partial charge is 0.496 e. The maximum Gasteiger partial charge on any atom is 0.264 e. The summed E-state index contributed by atoms with van der Waals surface area (Å²) in [5.74, 6) is 1.18. The normalized spacial score (nSPS) is 15.8. The van der Waals surface area contributed by atoms with Gasteiger partial charge in [-0.15, -0.1) is 0 Å². The predicted molar refractivity (Wildman–Crippen MR) is 142 cm³/mol. The molecule has 1 fully saturated rings. The number of piperazine rings is 1. The van der Waals surface area contributed by atoms with E-state index in [0.29, 0.717) is 23.3 Å². The molecule has 2 aromatic heterocycles. The molecule has 0 spiro atoms. The second kappa shape index (κ2) is 11.7. The Bertz CT molecular complexity index is 1240. The number of pyridine rings is 1. The van der Waals surface area contributed by atoms with Crippen LogP contribution in [0.5, 0.6) is 5.75 Å². The van der Waals surface area contributed by atoms with Crippen molar-refractivity contribution in [3.05, 3.63) is 51.9 Å². The van der Waals surface area contributed by atoms with Crippen molar-refractivity contribution >= 4 is 22.7 Å². The summed E-state index contributed by atoms with van der Waals surface area (Å²) in [5, 5.41) is 13.3. The van der Waals surface area contributed by atoms with Crippen LogP contribution in [-0.2, 0) is 13.1 Å². The highest BCUT2D eigenvalue weighted by Gasteiger charge is 2.18. The minimum absolute atomic E-state index is 0.0715.